The zero-order valence-electron chi connectivity index (χ0n) is 10.3. The maximum Gasteiger partial charge on any atom is 0.323 e. The van der Waals surface area contributed by atoms with Crippen LogP contribution >= 0.6 is 0 Å². The van der Waals surface area contributed by atoms with Gasteiger partial charge in [0.2, 0.25) is 17.8 Å². The highest BCUT2D eigenvalue weighted by molar-refractivity contribution is 5.73. The van der Waals surface area contributed by atoms with E-state index in [1.165, 1.54) is 0 Å². The van der Waals surface area contributed by atoms with Crippen LogP contribution < -0.4 is 21.5 Å². The highest BCUT2D eigenvalue weighted by Crippen LogP contribution is 2.08. The maximum absolute atomic E-state index is 10.5. The molecule has 5 N–H and O–H groups in total. The minimum Gasteiger partial charge on any atom is -0.464 e. The van der Waals surface area contributed by atoms with Crippen molar-refractivity contribution < 1.29 is 9.53 Å². The first-order valence-electron chi connectivity index (χ1n) is 5.78. The number of ether oxygens (including phenoxy) is 1. The molecule has 0 unspecified atom stereocenters. The molecule has 1 heterocycles. The van der Waals surface area contributed by atoms with Crippen LogP contribution in [0.4, 0.5) is 11.9 Å². The van der Waals surface area contributed by atoms with Gasteiger partial charge < -0.3 is 21.5 Å². The third-order valence-corrected chi connectivity index (χ3v) is 2.04. The van der Waals surface area contributed by atoms with Crippen molar-refractivity contribution in [2.24, 2.45) is 5.73 Å². The van der Waals surface area contributed by atoms with Gasteiger partial charge in [-0.1, -0.05) is 0 Å². The van der Waals surface area contributed by atoms with Crippen LogP contribution in [0.25, 0.3) is 0 Å². The molecular formula is C10H18N6O2. The number of anilines is 2. The lowest BCUT2D eigenvalue weighted by molar-refractivity contribution is -0.118. The molecule has 0 aliphatic heterocycles. The Bertz CT molecular complexity index is 398. The van der Waals surface area contributed by atoms with E-state index in [2.05, 4.69) is 20.3 Å². The van der Waals surface area contributed by atoms with Crippen molar-refractivity contribution in [3.63, 3.8) is 0 Å². The van der Waals surface area contributed by atoms with E-state index in [0.29, 0.717) is 25.5 Å². The molecule has 0 saturated heterocycles. The van der Waals surface area contributed by atoms with Crippen molar-refractivity contribution in [1.82, 2.24) is 15.0 Å². The number of hydrogen-bond donors (Lipinski definition) is 3. The van der Waals surface area contributed by atoms with Gasteiger partial charge in [-0.3, -0.25) is 4.79 Å². The van der Waals surface area contributed by atoms with E-state index >= 15 is 0 Å². The highest BCUT2D eigenvalue weighted by Gasteiger charge is 2.04. The smallest absolute Gasteiger partial charge is 0.323 e. The third kappa shape index (κ3) is 5.28. The molecule has 1 aromatic rings. The van der Waals surface area contributed by atoms with E-state index in [4.69, 9.17) is 16.2 Å². The molecule has 1 amide bonds. The first-order valence-corrected chi connectivity index (χ1v) is 5.78. The van der Waals surface area contributed by atoms with Crippen molar-refractivity contribution in [2.75, 3.05) is 24.2 Å². The fraction of sp³-hybridized carbons (Fsp3) is 0.600. The SMILES string of the molecule is CCOc1nc(N)nc(NCCCCC(N)=O)n1. The van der Waals surface area contributed by atoms with Crippen LogP contribution in [0, 0.1) is 0 Å². The molecule has 0 aliphatic carbocycles. The van der Waals surface area contributed by atoms with E-state index in [9.17, 15) is 4.79 Å². The highest BCUT2D eigenvalue weighted by atomic mass is 16.5. The lowest BCUT2D eigenvalue weighted by atomic mass is 10.2. The first-order chi connectivity index (χ1) is 8.61. The lowest BCUT2D eigenvalue weighted by Gasteiger charge is -2.06. The summed E-state index contributed by atoms with van der Waals surface area (Å²) in [4.78, 5) is 22.3. The average Bonchev–Trinajstić information content (AvgIpc) is 2.28. The number of unbranched alkanes of at least 4 members (excludes halogenated alkanes) is 1. The molecule has 0 atom stereocenters. The van der Waals surface area contributed by atoms with E-state index in [1.54, 1.807) is 0 Å². The summed E-state index contributed by atoms with van der Waals surface area (Å²) in [7, 11) is 0. The van der Waals surface area contributed by atoms with Gasteiger partial charge in [0.1, 0.15) is 0 Å². The molecule has 0 aromatic carbocycles. The fourth-order valence-electron chi connectivity index (χ4n) is 1.27. The Hall–Kier alpha value is -2.12. The molecule has 1 rings (SSSR count). The number of rotatable bonds is 8. The second-order valence-electron chi connectivity index (χ2n) is 3.58. The number of nitrogens with zero attached hydrogens (tertiary/aromatic N) is 3. The molecule has 8 heteroatoms. The van der Waals surface area contributed by atoms with Crippen LogP contribution in [-0.2, 0) is 4.79 Å². The standard InChI is InChI=1S/C10H18N6O2/c1-2-18-10-15-8(12)14-9(16-10)13-6-4-3-5-7(11)17/h2-6H2,1H3,(H2,11,17)(H3,12,13,14,15,16). The van der Waals surface area contributed by atoms with Gasteiger partial charge in [0, 0.05) is 13.0 Å². The number of carbonyl (C=O) groups excluding carboxylic acids is 1. The summed E-state index contributed by atoms with van der Waals surface area (Å²) in [6.07, 6.45) is 1.89. The van der Waals surface area contributed by atoms with Crippen molar-refractivity contribution in [3.05, 3.63) is 0 Å². The number of hydrogen-bond acceptors (Lipinski definition) is 7. The second-order valence-corrected chi connectivity index (χ2v) is 3.58. The molecule has 0 bridgehead atoms. The zero-order valence-corrected chi connectivity index (χ0v) is 10.3. The second kappa shape index (κ2) is 7.25. The number of aromatic nitrogens is 3. The number of carbonyl (C=O) groups is 1. The predicted octanol–water partition coefficient (Wildman–Crippen LogP) is -0.0800. The average molecular weight is 254 g/mol. The number of primary amides is 1. The van der Waals surface area contributed by atoms with Crippen molar-refractivity contribution in [1.29, 1.82) is 0 Å². The quantitative estimate of drug-likeness (QED) is 0.553. The maximum atomic E-state index is 10.5. The minimum absolute atomic E-state index is 0.105. The van der Waals surface area contributed by atoms with Crippen LogP contribution in [0.1, 0.15) is 26.2 Å². The van der Waals surface area contributed by atoms with E-state index in [0.717, 1.165) is 12.8 Å². The van der Waals surface area contributed by atoms with E-state index in [-0.39, 0.29) is 17.9 Å². The van der Waals surface area contributed by atoms with Gasteiger partial charge in [-0.05, 0) is 19.8 Å². The molecule has 0 aliphatic rings. The summed E-state index contributed by atoms with van der Waals surface area (Å²) in [6.45, 7) is 2.92. The largest absolute Gasteiger partial charge is 0.464 e. The Morgan fingerprint density at radius 2 is 2.11 bits per heavy atom. The molecule has 0 saturated carbocycles. The monoisotopic (exact) mass is 254 g/mol. The van der Waals surface area contributed by atoms with Crippen molar-refractivity contribution in [2.45, 2.75) is 26.2 Å². The van der Waals surface area contributed by atoms with Crippen LogP contribution in [-0.4, -0.2) is 34.0 Å². The Morgan fingerprint density at radius 1 is 1.33 bits per heavy atom. The van der Waals surface area contributed by atoms with Gasteiger partial charge in [0.15, 0.2) is 0 Å². The lowest BCUT2D eigenvalue weighted by Crippen LogP contribution is -2.12. The van der Waals surface area contributed by atoms with Crippen LogP contribution in [0.5, 0.6) is 6.01 Å². The molecule has 0 spiro atoms. The van der Waals surface area contributed by atoms with Crippen LogP contribution in [0.15, 0.2) is 0 Å². The van der Waals surface area contributed by atoms with Gasteiger partial charge in [-0.2, -0.15) is 15.0 Å². The Labute approximate surface area is 105 Å². The Morgan fingerprint density at radius 3 is 2.78 bits per heavy atom. The normalized spacial score (nSPS) is 10.1. The van der Waals surface area contributed by atoms with Crippen LogP contribution in [0.2, 0.25) is 0 Å². The van der Waals surface area contributed by atoms with Gasteiger partial charge in [-0.25, -0.2) is 0 Å². The van der Waals surface area contributed by atoms with E-state index in [1.807, 2.05) is 6.92 Å². The molecular weight excluding hydrogens is 236 g/mol. The molecule has 0 fully saturated rings. The van der Waals surface area contributed by atoms with Gasteiger partial charge in [0.25, 0.3) is 0 Å². The van der Waals surface area contributed by atoms with Gasteiger partial charge >= 0.3 is 6.01 Å². The fourth-order valence-corrected chi connectivity index (χ4v) is 1.27. The third-order valence-electron chi connectivity index (χ3n) is 2.04. The summed E-state index contributed by atoms with van der Waals surface area (Å²) < 4.78 is 5.14. The number of nitrogens with one attached hydrogen (secondary N) is 1. The van der Waals surface area contributed by atoms with Crippen molar-refractivity contribution in [3.8, 4) is 6.01 Å². The topological polar surface area (TPSA) is 129 Å². The summed E-state index contributed by atoms with van der Waals surface area (Å²) in [5.74, 6) is 0.177. The predicted molar refractivity (Wildman–Crippen MR) is 66.9 cm³/mol. The summed E-state index contributed by atoms with van der Waals surface area (Å²) in [5.41, 5.74) is 10.5. The van der Waals surface area contributed by atoms with Crippen LogP contribution in [0.3, 0.4) is 0 Å². The summed E-state index contributed by atoms with van der Waals surface area (Å²) >= 11 is 0. The van der Waals surface area contributed by atoms with Gasteiger partial charge in [0.05, 0.1) is 6.61 Å². The molecule has 0 radical (unpaired) electrons. The Kier molecular flexibility index (Phi) is 5.62. The zero-order chi connectivity index (χ0) is 13.4. The summed E-state index contributed by atoms with van der Waals surface area (Å²) in [5, 5.41) is 2.98. The molecule has 18 heavy (non-hydrogen) atoms. The molecule has 1 aromatic heterocycles. The van der Waals surface area contributed by atoms with E-state index < -0.39 is 0 Å². The minimum atomic E-state index is -0.293. The molecule has 100 valence electrons. The van der Waals surface area contributed by atoms with Gasteiger partial charge in [-0.15, -0.1) is 0 Å². The Balaban J connectivity index is 2.39. The molecule has 8 nitrogen and oxygen atoms in total. The number of amides is 1. The van der Waals surface area contributed by atoms with Crippen molar-refractivity contribution >= 4 is 17.8 Å². The number of nitrogen functional groups attached to an aromatic ring is 1. The summed E-state index contributed by atoms with van der Waals surface area (Å²) in [6, 6.07) is 0.199. The number of nitrogens with two attached hydrogens (primary N) is 2. The first kappa shape index (κ1) is 13.9.